The summed E-state index contributed by atoms with van der Waals surface area (Å²) in [7, 11) is 0. The van der Waals surface area contributed by atoms with Crippen LogP contribution in [0.5, 0.6) is 0 Å². The third kappa shape index (κ3) is 1.99. The number of ketones is 2. The van der Waals surface area contributed by atoms with Gasteiger partial charge in [0.1, 0.15) is 0 Å². The Balaban J connectivity index is 1.45. The van der Waals surface area contributed by atoms with Gasteiger partial charge in [0, 0.05) is 39.5 Å². The van der Waals surface area contributed by atoms with Gasteiger partial charge in [-0.25, -0.2) is 0 Å². The van der Waals surface area contributed by atoms with Crippen LogP contribution in [0.25, 0.3) is 44.8 Å². The second-order valence-electron chi connectivity index (χ2n) is 10.3. The number of hydrogen-bond donors (Lipinski definition) is 0. The number of allylic oxidation sites excluding steroid dienone is 3. The first-order valence-electron chi connectivity index (χ1n) is 12.4. The van der Waals surface area contributed by atoms with Crippen LogP contribution in [0.15, 0.2) is 90.5 Å². The van der Waals surface area contributed by atoms with E-state index in [1.807, 2.05) is 48.5 Å². The molecule has 0 fully saturated rings. The Morgan fingerprint density at radius 3 is 2.22 bits per heavy atom. The highest BCUT2D eigenvalue weighted by Crippen LogP contribution is 2.52. The van der Waals surface area contributed by atoms with E-state index in [-0.39, 0.29) is 23.4 Å². The molecule has 4 aliphatic rings. The van der Waals surface area contributed by atoms with Crippen molar-refractivity contribution in [3.05, 3.63) is 129 Å². The fourth-order valence-corrected chi connectivity index (χ4v) is 7.31. The highest BCUT2D eigenvalue weighted by molar-refractivity contribution is 6.31. The average Bonchev–Trinajstić information content (AvgIpc) is 2.94. The summed E-state index contributed by atoms with van der Waals surface area (Å²) in [4.78, 5) is 27.1. The second-order valence-corrected chi connectivity index (χ2v) is 10.3. The molecule has 9 rings (SSSR count). The maximum Gasteiger partial charge on any atom is 0.194 e. The predicted octanol–water partition coefficient (Wildman–Crippen LogP) is 6.73. The van der Waals surface area contributed by atoms with E-state index < -0.39 is 0 Å². The summed E-state index contributed by atoms with van der Waals surface area (Å²) < 4.78 is 0. The smallest absolute Gasteiger partial charge is 0.194 e. The van der Waals surface area contributed by atoms with E-state index in [4.69, 9.17) is 0 Å². The highest BCUT2D eigenvalue weighted by Gasteiger charge is 2.42. The molecule has 0 aliphatic heterocycles. The molecule has 0 saturated heterocycles. The Labute approximate surface area is 206 Å². The molecule has 166 valence electrons. The Bertz CT molecular complexity index is 2040. The number of Topliss-reactive ketones (excluding diaryl/α,β-unsaturated/α-hetero) is 1. The van der Waals surface area contributed by atoms with Crippen molar-refractivity contribution in [1.82, 2.24) is 0 Å². The maximum atomic E-state index is 13.5. The van der Waals surface area contributed by atoms with E-state index in [2.05, 4.69) is 48.6 Å². The van der Waals surface area contributed by atoms with E-state index >= 15 is 0 Å². The molecule has 0 saturated carbocycles. The van der Waals surface area contributed by atoms with E-state index in [0.29, 0.717) is 0 Å². The van der Waals surface area contributed by atoms with Crippen molar-refractivity contribution < 1.29 is 9.59 Å². The van der Waals surface area contributed by atoms with Crippen LogP contribution in [0.4, 0.5) is 0 Å². The van der Waals surface area contributed by atoms with Crippen LogP contribution >= 0.6 is 0 Å². The van der Waals surface area contributed by atoms with Gasteiger partial charge in [-0.3, -0.25) is 9.59 Å². The lowest BCUT2D eigenvalue weighted by Crippen LogP contribution is -2.34. The first-order chi connectivity index (χ1) is 17.7. The SMILES string of the molecule is O=C1C2=CC=c3c4c(c5ccc6c7c(ccc3c57)-c3ccccc3C6=O)C=CC(c3ccccc31)C24. The quantitative estimate of drug-likeness (QED) is 0.253. The Morgan fingerprint density at radius 2 is 1.33 bits per heavy atom. The second kappa shape index (κ2) is 6.16. The molecular weight excluding hydrogens is 440 g/mol. The molecule has 0 radical (unpaired) electrons. The molecule has 0 N–H and O–H groups in total. The van der Waals surface area contributed by atoms with Crippen LogP contribution in [0.3, 0.4) is 0 Å². The molecule has 36 heavy (non-hydrogen) atoms. The largest absolute Gasteiger partial charge is 0.289 e. The van der Waals surface area contributed by atoms with Crippen molar-refractivity contribution in [1.29, 1.82) is 0 Å². The number of benzene rings is 5. The summed E-state index contributed by atoms with van der Waals surface area (Å²) in [6, 6.07) is 24.5. The van der Waals surface area contributed by atoms with E-state index in [0.717, 1.165) is 60.5 Å². The van der Waals surface area contributed by atoms with Crippen LogP contribution in [-0.4, -0.2) is 11.6 Å². The van der Waals surface area contributed by atoms with Gasteiger partial charge in [-0.05, 0) is 55.3 Å². The fourth-order valence-electron chi connectivity index (χ4n) is 7.31. The number of carbonyl (C=O) groups is 2. The highest BCUT2D eigenvalue weighted by atomic mass is 16.1. The minimum Gasteiger partial charge on any atom is -0.289 e. The molecule has 0 bridgehead atoms. The van der Waals surface area contributed by atoms with Gasteiger partial charge in [0.15, 0.2) is 11.6 Å². The van der Waals surface area contributed by atoms with Gasteiger partial charge in [0.2, 0.25) is 0 Å². The summed E-state index contributed by atoms with van der Waals surface area (Å²) in [5.41, 5.74) is 8.94. The number of rotatable bonds is 0. The third-order valence-corrected chi connectivity index (χ3v) is 8.76. The van der Waals surface area contributed by atoms with Crippen LogP contribution in [-0.2, 0) is 0 Å². The van der Waals surface area contributed by atoms with Gasteiger partial charge in [-0.15, -0.1) is 0 Å². The molecule has 5 aromatic carbocycles. The van der Waals surface area contributed by atoms with Crippen molar-refractivity contribution >= 4 is 45.3 Å². The minimum absolute atomic E-state index is 0.0187. The minimum atomic E-state index is 0.0187. The van der Waals surface area contributed by atoms with Crippen molar-refractivity contribution in [2.75, 3.05) is 0 Å². The molecule has 2 heteroatoms. The summed E-state index contributed by atoms with van der Waals surface area (Å²) in [5, 5.41) is 5.71. The number of fused-ring (bicyclic) bond motifs is 6. The molecule has 0 heterocycles. The lowest BCUT2D eigenvalue weighted by atomic mass is 9.63. The fraction of sp³-hybridized carbons (Fsp3) is 0.0588. The van der Waals surface area contributed by atoms with Gasteiger partial charge in [0.25, 0.3) is 0 Å². The summed E-state index contributed by atoms with van der Waals surface area (Å²) in [5.74, 6) is 0.401. The normalized spacial score (nSPS) is 20.1. The molecule has 0 amide bonds. The average molecular weight is 459 g/mol. The van der Waals surface area contributed by atoms with Gasteiger partial charge < -0.3 is 0 Å². The molecule has 0 spiro atoms. The van der Waals surface area contributed by atoms with E-state index in [1.54, 1.807) is 0 Å². The number of hydrogen-bond acceptors (Lipinski definition) is 2. The zero-order valence-electron chi connectivity index (χ0n) is 19.2. The van der Waals surface area contributed by atoms with E-state index in [9.17, 15) is 9.59 Å². The summed E-state index contributed by atoms with van der Waals surface area (Å²) in [6.45, 7) is 0. The molecular formula is C34H18O2. The molecule has 5 aromatic rings. The Morgan fingerprint density at radius 1 is 0.583 bits per heavy atom. The molecule has 2 nitrogen and oxygen atoms in total. The van der Waals surface area contributed by atoms with Crippen molar-refractivity contribution in [3.63, 3.8) is 0 Å². The van der Waals surface area contributed by atoms with Gasteiger partial charge in [-0.1, -0.05) is 91.0 Å². The molecule has 2 unspecified atom stereocenters. The van der Waals surface area contributed by atoms with Crippen LogP contribution in [0.2, 0.25) is 0 Å². The predicted molar refractivity (Wildman–Crippen MR) is 143 cm³/mol. The Hall–Kier alpha value is -4.56. The first kappa shape index (κ1) is 18.7. The standard InChI is InChI=1S/C34H18O2/c35-33-25-7-3-1-5-17(25)19-9-11-21-24-14-16-28-32-20(18-6-2-4-8-26(18)34(28)36)10-12-22(30(24)32)23-13-15-27(33)31(19)29(21)23/h1-16,19,31H. The molecule has 4 aliphatic carbocycles. The molecule has 0 aromatic heterocycles. The van der Waals surface area contributed by atoms with Crippen molar-refractivity contribution in [2.45, 2.75) is 11.8 Å². The van der Waals surface area contributed by atoms with Crippen LogP contribution < -0.4 is 5.22 Å². The third-order valence-electron chi connectivity index (χ3n) is 8.76. The van der Waals surface area contributed by atoms with Crippen LogP contribution in [0, 0.1) is 0 Å². The van der Waals surface area contributed by atoms with Gasteiger partial charge in [-0.2, -0.15) is 0 Å². The molecule has 2 atom stereocenters. The van der Waals surface area contributed by atoms with Gasteiger partial charge >= 0.3 is 0 Å². The topological polar surface area (TPSA) is 34.1 Å². The summed E-state index contributed by atoms with van der Waals surface area (Å²) in [6.07, 6.45) is 8.72. The van der Waals surface area contributed by atoms with Crippen LogP contribution in [0.1, 0.15) is 54.8 Å². The van der Waals surface area contributed by atoms with E-state index in [1.165, 1.54) is 16.3 Å². The first-order valence-corrected chi connectivity index (χ1v) is 12.4. The van der Waals surface area contributed by atoms with Gasteiger partial charge in [0.05, 0.1) is 0 Å². The number of carbonyl (C=O) groups excluding carboxylic acids is 2. The lowest BCUT2D eigenvalue weighted by molar-refractivity contribution is 0.101. The zero-order valence-corrected chi connectivity index (χ0v) is 19.2. The lowest BCUT2D eigenvalue weighted by Gasteiger charge is -2.39. The maximum absolute atomic E-state index is 13.5. The monoisotopic (exact) mass is 458 g/mol. The van der Waals surface area contributed by atoms with Crippen molar-refractivity contribution in [3.8, 4) is 11.1 Å². The summed E-state index contributed by atoms with van der Waals surface area (Å²) >= 11 is 0. The zero-order chi connectivity index (χ0) is 23.7. The Kier molecular flexibility index (Phi) is 3.21. The van der Waals surface area contributed by atoms with Crippen molar-refractivity contribution in [2.24, 2.45) is 0 Å².